The highest BCUT2D eigenvalue weighted by Crippen LogP contribution is 2.36. The lowest BCUT2D eigenvalue weighted by Crippen LogP contribution is -2.34. The minimum absolute atomic E-state index is 0.281. The molecule has 2 aliphatic carbocycles. The lowest BCUT2D eigenvalue weighted by molar-refractivity contribution is 0.382. The minimum atomic E-state index is -3.37. The van der Waals surface area contributed by atoms with Gasteiger partial charge in [-0.25, -0.2) is 13.4 Å². The fourth-order valence-corrected chi connectivity index (χ4v) is 5.15. The number of aromatic nitrogens is 1. The van der Waals surface area contributed by atoms with E-state index in [1.165, 1.54) is 37.0 Å². The van der Waals surface area contributed by atoms with E-state index >= 15 is 0 Å². The minimum Gasteiger partial charge on any atom is -0.229 e. The molecule has 0 amide bonds. The van der Waals surface area contributed by atoms with Crippen molar-refractivity contribution in [3.8, 4) is 0 Å². The molecule has 0 unspecified atom stereocenters. The molecule has 0 saturated heterocycles. The van der Waals surface area contributed by atoms with Crippen LogP contribution in [-0.4, -0.2) is 30.8 Å². The fourth-order valence-electron chi connectivity index (χ4n) is 2.11. The number of nitrogens with zero attached hydrogens (tertiary/aromatic N) is 2. The molecule has 0 N–H and O–H groups in total. The number of sulfonamides is 1. The second-order valence-corrected chi connectivity index (χ2v) is 9.14. The third kappa shape index (κ3) is 3.01. The predicted octanol–water partition coefficient (Wildman–Crippen LogP) is 2.57. The molecule has 1 aromatic heterocycles. The maximum Gasteiger partial charge on any atom is 0.270 e. The smallest absolute Gasteiger partial charge is 0.229 e. The maximum absolute atomic E-state index is 12.7. The Kier molecular flexibility index (Phi) is 3.43. The summed E-state index contributed by atoms with van der Waals surface area (Å²) in [7, 11) is -3.37. The van der Waals surface area contributed by atoms with Crippen LogP contribution in [-0.2, 0) is 10.0 Å². The van der Waals surface area contributed by atoms with Gasteiger partial charge in [0.2, 0.25) is 4.34 Å². The van der Waals surface area contributed by atoms with Gasteiger partial charge in [-0.15, -0.1) is 11.3 Å². The molecule has 19 heavy (non-hydrogen) atoms. The van der Waals surface area contributed by atoms with Crippen molar-refractivity contribution in [3.05, 3.63) is 10.6 Å². The molecule has 2 aliphatic rings. The molecule has 1 aromatic rings. The van der Waals surface area contributed by atoms with Gasteiger partial charge in [-0.2, -0.15) is 4.31 Å². The van der Waals surface area contributed by atoms with Gasteiger partial charge in [-0.05, 0) is 51.4 Å². The van der Waals surface area contributed by atoms with Gasteiger partial charge in [0.05, 0.1) is 5.69 Å². The Morgan fingerprint density at radius 2 is 1.68 bits per heavy atom. The third-order valence-electron chi connectivity index (χ3n) is 3.89. The standard InChI is InChI=1S/C13H20N2O2S2/c1-9-10(2)18-13(14-9)19(16,17)15(7-11-3-4-11)8-12-5-6-12/h11-12H,3-8H2,1-2H3. The van der Waals surface area contributed by atoms with Crippen LogP contribution in [0.5, 0.6) is 0 Å². The van der Waals surface area contributed by atoms with Crippen LogP contribution in [0.4, 0.5) is 0 Å². The van der Waals surface area contributed by atoms with Crippen molar-refractivity contribution in [3.63, 3.8) is 0 Å². The van der Waals surface area contributed by atoms with Gasteiger partial charge in [0.25, 0.3) is 10.0 Å². The largest absolute Gasteiger partial charge is 0.270 e. The van der Waals surface area contributed by atoms with Crippen molar-refractivity contribution >= 4 is 21.4 Å². The molecular weight excluding hydrogens is 280 g/mol. The number of rotatable bonds is 6. The zero-order valence-corrected chi connectivity index (χ0v) is 13.1. The average Bonchev–Trinajstić information content (AvgIpc) is 3.23. The number of thiazole rings is 1. The van der Waals surface area contributed by atoms with Crippen molar-refractivity contribution in [2.75, 3.05) is 13.1 Å². The molecule has 0 bridgehead atoms. The summed E-state index contributed by atoms with van der Waals surface area (Å²) < 4.78 is 27.4. The van der Waals surface area contributed by atoms with E-state index in [2.05, 4.69) is 4.98 Å². The lowest BCUT2D eigenvalue weighted by atomic mass is 10.4. The molecule has 3 rings (SSSR count). The molecule has 0 radical (unpaired) electrons. The van der Waals surface area contributed by atoms with Gasteiger partial charge < -0.3 is 0 Å². The maximum atomic E-state index is 12.7. The van der Waals surface area contributed by atoms with Crippen LogP contribution in [0.1, 0.15) is 36.3 Å². The summed E-state index contributed by atoms with van der Waals surface area (Å²) in [6.45, 7) is 5.18. The van der Waals surface area contributed by atoms with Crippen molar-refractivity contribution in [2.24, 2.45) is 11.8 Å². The molecule has 6 heteroatoms. The Balaban J connectivity index is 1.84. The van der Waals surface area contributed by atoms with Crippen LogP contribution in [0.15, 0.2) is 4.34 Å². The van der Waals surface area contributed by atoms with Crippen molar-refractivity contribution < 1.29 is 8.42 Å². The van der Waals surface area contributed by atoms with E-state index in [9.17, 15) is 8.42 Å². The van der Waals surface area contributed by atoms with Crippen LogP contribution in [0, 0.1) is 25.7 Å². The summed E-state index contributed by atoms with van der Waals surface area (Å²) in [6.07, 6.45) is 4.69. The Bertz CT molecular complexity index is 538. The fraction of sp³-hybridized carbons (Fsp3) is 0.769. The molecule has 1 heterocycles. The highest BCUT2D eigenvalue weighted by molar-refractivity contribution is 7.91. The van der Waals surface area contributed by atoms with E-state index in [-0.39, 0.29) is 4.34 Å². The van der Waals surface area contributed by atoms with E-state index < -0.39 is 10.0 Å². The molecular formula is C13H20N2O2S2. The van der Waals surface area contributed by atoms with Crippen LogP contribution in [0.2, 0.25) is 0 Å². The molecule has 0 spiro atoms. The highest BCUT2D eigenvalue weighted by atomic mass is 32.2. The predicted molar refractivity (Wildman–Crippen MR) is 75.8 cm³/mol. The molecule has 106 valence electrons. The molecule has 0 aliphatic heterocycles. The van der Waals surface area contributed by atoms with E-state index in [4.69, 9.17) is 0 Å². The summed E-state index contributed by atoms with van der Waals surface area (Å²) >= 11 is 1.30. The van der Waals surface area contributed by atoms with Gasteiger partial charge in [0, 0.05) is 18.0 Å². The van der Waals surface area contributed by atoms with E-state index in [1.807, 2.05) is 13.8 Å². The lowest BCUT2D eigenvalue weighted by Gasteiger charge is -2.20. The molecule has 2 saturated carbocycles. The van der Waals surface area contributed by atoms with Crippen LogP contribution in [0.3, 0.4) is 0 Å². The normalized spacial score (nSPS) is 20.2. The first-order chi connectivity index (χ1) is 8.96. The van der Waals surface area contributed by atoms with Crippen LogP contribution in [0.25, 0.3) is 0 Å². The third-order valence-corrected chi connectivity index (χ3v) is 7.15. The van der Waals surface area contributed by atoms with Crippen LogP contribution >= 0.6 is 11.3 Å². The molecule has 0 aromatic carbocycles. The Morgan fingerprint density at radius 1 is 1.16 bits per heavy atom. The monoisotopic (exact) mass is 300 g/mol. The van der Waals surface area contributed by atoms with Crippen LogP contribution < -0.4 is 0 Å². The Morgan fingerprint density at radius 3 is 2.05 bits per heavy atom. The van der Waals surface area contributed by atoms with E-state index in [0.717, 1.165) is 10.6 Å². The topological polar surface area (TPSA) is 50.3 Å². The number of aryl methyl sites for hydroxylation is 2. The summed E-state index contributed by atoms with van der Waals surface area (Å²) in [5.74, 6) is 1.16. The number of hydrogen-bond acceptors (Lipinski definition) is 4. The van der Waals surface area contributed by atoms with Crippen molar-refractivity contribution in [1.29, 1.82) is 0 Å². The summed E-state index contributed by atoms with van der Waals surface area (Å²) in [4.78, 5) is 5.24. The van der Waals surface area contributed by atoms with Crippen molar-refractivity contribution in [2.45, 2.75) is 43.9 Å². The van der Waals surface area contributed by atoms with Gasteiger partial charge in [0.15, 0.2) is 0 Å². The van der Waals surface area contributed by atoms with Gasteiger partial charge in [-0.1, -0.05) is 0 Å². The second-order valence-electron chi connectivity index (χ2n) is 5.83. The highest BCUT2D eigenvalue weighted by Gasteiger charge is 2.37. The quantitative estimate of drug-likeness (QED) is 0.811. The first-order valence-electron chi connectivity index (χ1n) is 6.91. The molecule has 0 atom stereocenters. The summed E-state index contributed by atoms with van der Waals surface area (Å²) in [5.41, 5.74) is 0.835. The average molecular weight is 300 g/mol. The zero-order chi connectivity index (χ0) is 13.6. The Labute approximate surface area is 118 Å². The van der Waals surface area contributed by atoms with Crippen molar-refractivity contribution in [1.82, 2.24) is 9.29 Å². The van der Waals surface area contributed by atoms with Gasteiger partial charge in [-0.3, -0.25) is 0 Å². The second kappa shape index (κ2) is 4.82. The van der Waals surface area contributed by atoms with Gasteiger partial charge >= 0.3 is 0 Å². The first kappa shape index (κ1) is 13.5. The molecule has 2 fully saturated rings. The van der Waals surface area contributed by atoms with E-state index in [0.29, 0.717) is 24.9 Å². The first-order valence-corrected chi connectivity index (χ1v) is 9.16. The summed E-state index contributed by atoms with van der Waals surface area (Å²) in [6, 6.07) is 0. The molecule has 4 nitrogen and oxygen atoms in total. The number of hydrogen-bond donors (Lipinski definition) is 0. The Hall–Kier alpha value is -0.460. The van der Waals surface area contributed by atoms with E-state index in [1.54, 1.807) is 4.31 Å². The van der Waals surface area contributed by atoms with Gasteiger partial charge in [0.1, 0.15) is 0 Å². The SMILES string of the molecule is Cc1nc(S(=O)(=O)N(CC2CC2)CC2CC2)sc1C. The summed E-state index contributed by atoms with van der Waals surface area (Å²) in [5, 5.41) is 0. The zero-order valence-electron chi connectivity index (χ0n) is 11.4.